The second-order valence-electron chi connectivity index (χ2n) is 7.58. The Bertz CT molecular complexity index is 1250. The number of aromatic nitrogens is 1. The van der Waals surface area contributed by atoms with Crippen LogP contribution in [0, 0.1) is 0 Å². The molecular weight excluding hydrogens is 412 g/mol. The Morgan fingerprint density at radius 2 is 1.87 bits per heavy atom. The largest absolute Gasteiger partial charge is 0.362 e. The summed E-state index contributed by atoms with van der Waals surface area (Å²) >= 11 is 0. The van der Waals surface area contributed by atoms with Crippen molar-refractivity contribution in [3.05, 3.63) is 66.4 Å². The first-order chi connectivity index (χ1) is 14.9. The first-order valence-electron chi connectivity index (χ1n) is 10.2. The van der Waals surface area contributed by atoms with Gasteiger partial charge in [-0.15, -0.1) is 4.40 Å². The van der Waals surface area contributed by atoms with Crippen LogP contribution in [-0.4, -0.2) is 43.6 Å². The summed E-state index contributed by atoms with van der Waals surface area (Å²) in [6.45, 7) is 0.795. The van der Waals surface area contributed by atoms with Crippen LogP contribution in [-0.2, 0) is 10.0 Å². The number of benzene rings is 2. The van der Waals surface area contributed by atoms with Crippen molar-refractivity contribution < 1.29 is 13.2 Å². The van der Waals surface area contributed by atoms with Crippen molar-refractivity contribution in [3.63, 3.8) is 0 Å². The number of rotatable bonds is 4. The lowest BCUT2D eigenvalue weighted by Crippen LogP contribution is -2.26. The summed E-state index contributed by atoms with van der Waals surface area (Å²) in [7, 11) is -2.01. The van der Waals surface area contributed by atoms with Crippen molar-refractivity contribution in [1.82, 2.24) is 9.88 Å². The van der Waals surface area contributed by atoms with Crippen LogP contribution in [0.4, 0.5) is 5.69 Å². The quantitative estimate of drug-likeness (QED) is 0.665. The Hall–Kier alpha value is -3.26. The fourth-order valence-electron chi connectivity index (χ4n) is 3.66. The number of amidine groups is 1. The number of nitrogens with zero attached hydrogens (tertiary/aromatic N) is 3. The highest BCUT2D eigenvalue weighted by Crippen LogP contribution is 2.22. The highest BCUT2D eigenvalue weighted by Gasteiger charge is 2.19. The van der Waals surface area contributed by atoms with Crippen LogP contribution in [0.5, 0.6) is 0 Å². The number of amides is 1. The number of para-hydroxylation sites is 1. The van der Waals surface area contributed by atoms with Crippen molar-refractivity contribution in [1.29, 1.82) is 0 Å². The Kier molecular flexibility index (Phi) is 5.99. The predicted molar refractivity (Wildman–Crippen MR) is 122 cm³/mol. The van der Waals surface area contributed by atoms with E-state index in [-0.39, 0.29) is 10.8 Å². The van der Waals surface area contributed by atoms with E-state index in [1.54, 1.807) is 30.5 Å². The molecule has 1 amide bonds. The number of fused-ring (bicyclic) bond motifs is 1. The lowest BCUT2D eigenvalue weighted by atomic mass is 10.1. The molecule has 3 aromatic rings. The van der Waals surface area contributed by atoms with Crippen LogP contribution in [0.15, 0.2) is 70.1 Å². The zero-order valence-corrected chi connectivity index (χ0v) is 18.1. The maximum atomic E-state index is 12.9. The molecule has 0 unspecified atom stereocenters. The molecule has 0 saturated carbocycles. The number of pyridine rings is 1. The molecule has 1 aliphatic rings. The van der Waals surface area contributed by atoms with E-state index in [9.17, 15) is 13.2 Å². The molecule has 0 radical (unpaired) electrons. The molecule has 7 nitrogen and oxygen atoms in total. The molecule has 1 saturated heterocycles. The molecule has 1 fully saturated rings. The fourth-order valence-corrected chi connectivity index (χ4v) is 4.80. The molecule has 0 aliphatic carbocycles. The summed E-state index contributed by atoms with van der Waals surface area (Å²) in [5.41, 5.74) is 1.40. The van der Waals surface area contributed by atoms with Gasteiger partial charge in [0.1, 0.15) is 5.84 Å². The van der Waals surface area contributed by atoms with Crippen LogP contribution in [0.1, 0.15) is 36.0 Å². The zero-order valence-electron chi connectivity index (χ0n) is 17.3. The Labute approximate surface area is 181 Å². The van der Waals surface area contributed by atoms with Crippen LogP contribution >= 0.6 is 0 Å². The number of anilines is 1. The van der Waals surface area contributed by atoms with Gasteiger partial charge in [0, 0.05) is 37.3 Å². The van der Waals surface area contributed by atoms with Gasteiger partial charge in [0.15, 0.2) is 0 Å². The minimum absolute atomic E-state index is 0.0477. The van der Waals surface area contributed by atoms with Gasteiger partial charge in [-0.3, -0.25) is 9.78 Å². The van der Waals surface area contributed by atoms with E-state index in [1.165, 1.54) is 12.1 Å². The van der Waals surface area contributed by atoms with E-state index in [0.717, 1.165) is 31.2 Å². The molecule has 8 heteroatoms. The van der Waals surface area contributed by atoms with Gasteiger partial charge in [0.25, 0.3) is 15.9 Å². The smallest absolute Gasteiger partial charge is 0.284 e. The predicted octanol–water partition coefficient (Wildman–Crippen LogP) is 4.08. The second kappa shape index (κ2) is 8.85. The molecule has 1 aliphatic heterocycles. The number of nitrogens with one attached hydrogen (secondary N) is 1. The molecule has 31 heavy (non-hydrogen) atoms. The van der Waals surface area contributed by atoms with E-state index in [0.29, 0.717) is 29.0 Å². The maximum absolute atomic E-state index is 12.9. The Morgan fingerprint density at radius 1 is 1.06 bits per heavy atom. The van der Waals surface area contributed by atoms with Crippen LogP contribution in [0.3, 0.4) is 0 Å². The first-order valence-corrected chi connectivity index (χ1v) is 11.7. The molecule has 2 aromatic carbocycles. The van der Waals surface area contributed by atoms with Crippen LogP contribution < -0.4 is 5.32 Å². The van der Waals surface area contributed by atoms with Gasteiger partial charge in [-0.05, 0) is 43.2 Å². The maximum Gasteiger partial charge on any atom is 0.284 e. The van der Waals surface area contributed by atoms with Crippen molar-refractivity contribution in [3.8, 4) is 0 Å². The van der Waals surface area contributed by atoms with Gasteiger partial charge >= 0.3 is 0 Å². The third-order valence-corrected chi connectivity index (χ3v) is 6.63. The molecule has 1 aromatic heterocycles. The Morgan fingerprint density at radius 3 is 2.74 bits per heavy atom. The number of sulfonamides is 1. The van der Waals surface area contributed by atoms with Crippen LogP contribution in [0.2, 0.25) is 0 Å². The van der Waals surface area contributed by atoms with E-state index in [4.69, 9.17) is 0 Å². The van der Waals surface area contributed by atoms with E-state index < -0.39 is 10.0 Å². The van der Waals surface area contributed by atoms with E-state index in [2.05, 4.69) is 14.7 Å². The van der Waals surface area contributed by atoms with Gasteiger partial charge in [-0.25, -0.2) is 0 Å². The summed E-state index contributed by atoms with van der Waals surface area (Å²) in [4.78, 5) is 19.1. The highest BCUT2D eigenvalue weighted by atomic mass is 32.2. The monoisotopic (exact) mass is 436 g/mol. The molecule has 0 bridgehead atoms. The third-order valence-electron chi connectivity index (χ3n) is 5.33. The van der Waals surface area contributed by atoms with Gasteiger partial charge in [-0.2, -0.15) is 8.42 Å². The summed E-state index contributed by atoms with van der Waals surface area (Å²) < 4.78 is 29.9. The fraction of sp³-hybridized carbons (Fsp3) is 0.261. The van der Waals surface area contributed by atoms with Crippen molar-refractivity contribution in [2.75, 3.05) is 18.9 Å². The standard InChI is InChI=1S/C23H24N4O3S/c1-27-15-4-2-3-13-21(27)26-31(29,30)19-11-6-10-18(16-19)25-23(28)20-12-5-8-17-9-7-14-24-22(17)20/h5-12,14,16H,2-4,13,15H2,1H3,(H,25,28)/b26-21-. The SMILES string of the molecule is CN1CCCCC/C1=N/S(=O)(=O)c1cccc(NC(=O)c2cccc3cccnc23)c1. The summed E-state index contributed by atoms with van der Waals surface area (Å²) in [5.74, 6) is 0.224. The first kappa shape index (κ1) is 21.0. The minimum Gasteiger partial charge on any atom is -0.362 e. The van der Waals surface area contributed by atoms with Crippen molar-refractivity contribution >= 4 is 38.4 Å². The number of carbonyl (C=O) groups excluding carboxylic acids is 1. The average molecular weight is 437 g/mol. The molecule has 2 heterocycles. The van der Waals surface area contributed by atoms with Gasteiger partial charge in [0.05, 0.1) is 16.0 Å². The van der Waals surface area contributed by atoms with Crippen molar-refractivity contribution in [2.45, 2.75) is 30.6 Å². The minimum atomic E-state index is -3.88. The number of hydrogen-bond acceptors (Lipinski definition) is 4. The highest BCUT2D eigenvalue weighted by molar-refractivity contribution is 7.90. The molecule has 160 valence electrons. The third kappa shape index (κ3) is 4.74. The van der Waals surface area contributed by atoms with E-state index >= 15 is 0 Å². The van der Waals surface area contributed by atoms with Gasteiger partial charge in [0.2, 0.25) is 0 Å². The zero-order chi connectivity index (χ0) is 21.8. The molecule has 1 N–H and O–H groups in total. The number of likely N-dealkylation sites (tertiary alicyclic amines) is 1. The number of carbonyl (C=O) groups is 1. The average Bonchev–Trinajstić information content (AvgIpc) is 2.97. The normalized spacial score (nSPS) is 16.3. The summed E-state index contributed by atoms with van der Waals surface area (Å²) in [6.07, 6.45) is 5.29. The van der Waals surface area contributed by atoms with Crippen molar-refractivity contribution in [2.24, 2.45) is 4.40 Å². The van der Waals surface area contributed by atoms with Gasteiger partial charge in [-0.1, -0.05) is 30.7 Å². The Balaban J connectivity index is 1.60. The van der Waals surface area contributed by atoms with E-state index in [1.807, 2.05) is 30.1 Å². The lowest BCUT2D eigenvalue weighted by molar-refractivity contribution is 0.102. The molecule has 0 atom stereocenters. The topological polar surface area (TPSA) is 91.7 Å². The van der Waals surface area contributed by atoms with Crippen LogP contribution in [0.25, 0.3) is 10.9 Å². The number of hydrogen-bond donors (Lipinski definition) is 1. The molecule has 0 spiro atoms. The molecular formula is C23H24N4O3S. The summed E-state index contributed by atoms with van der Waals surface area (Å²) in [5, 5.41) is 3.64. The summed E-state index contributed by atoms with van der Waals surface area (Å²) in [6, 6.07) is 15.2. The lowest BCUT2D eigenvalue weighted by Gasteiger charge is -2.17. The second-order valence-corrected chi connectivity index (χ2v) is 9.18. The molecule has 4 rings (SSSR count). The van der Waals surface area contributed by atoms with Gasteiger partial charge < -0.3 is 10.2 Å².